The Morgan fingerprint density at radius 1 is 1.14 bits per heavy atom. The van der Waals surface area contributed by atoms with E-state index in [-0.39, 0.29) is 23.5 Å². The van der Waals surface area contributed by atoms with Crippen LogP contribution in [0, 0.1) is 0 Å². The van der Waals surface area contributed by atoms with Crippen molar-refractivity contribution in [1.29, 1.82) is 0 Å². The number of aryl methyl sites for hydroxylation is 2. The van der Waals surface area contributed by atoms with Crippen molar-refractivity contribution in [3.63, 3.8) is 0 Å². The Morgan fingerprint density at radius 2 is 1.90 bits per heavy atom. The summed E-state index contributed by atoms with van der Waals surface area (Å²) in [6.45, 7) is 1.47. The number of carbonyl (C=O) groups excluding carboxylic acids is 1. The van der Waals surface area contributed by atoms with E-state index in [9.17, 15) is 13.2 Å². The quantitative estimate of drug-likeness (QED) is 0.704. The maximum atomic E-state index is 13.5. The van der Waals surface area contributed by atoms with Gasteiger partial charge in [0.1, 0.15) is 0 Å². The highest BCUT2D eigenvalue weighted by atomic mass is 32.2. The van der Waals surface area contributed by atoms with Gasteiger partial charge in [-0.15, -0.1) is 11.3 Å². The first-order valence-corrected chi connectivity index (χ1v) is 12.8. The van der Waals surface area contributed by atoms with Crippen LogP contribution in [0.5, 0.6) is 0 Å². The lowest BCUT2D eigenvalue weighted by Crippen LogP contribution is -2.42. The molecule has 2 aromatic rings. The van der Waals surface area contributed by atoms with E-state index in [1.165, 1.54) is 21.6 Å². The number of thiophene rings is 1. The number of sulfone groups is 1. The van der Waals surface area contributed by atoms with Gasteiger partial charge in [0.25, 0.3) is 5.91 Å². The van der Waals surface area contributed by atoms with Gasteiger partial charge < -0.3 is 9.80 Å². The molecule has 29 heavy (non-hydrogen) atoms. The lowest BCUT2D eigenvalue weighted by molar-refractivity contribution is 0.0695. The number of hydrogen-bond acceptors (Lipinski definition) is 5. The van der Waals surface area contributed by atoms with Gasteiger partial charge in [0, 0.05) is 17.5 Å². The van der Waals surface area contributed by atoms with Gasteiger partial charge >= 0.3 is 0 Å². The Labute approximate surface area is 177 Å². The summed E-state index contributed by atoms with van der Waals surface area (Å²) in [5.41, 5.74) is 3.82. The Morgan fingerprint density at radius 3 is 2.62 bits per heavy atom. The van der Waals surface area contributed by atoms with Gasteiger partial charge in [-0.25, -0.2) is 8.42 Å². The van der Waals surface area contributed by atoms with Crippen LogP contribution in [0.25, 0.3) is 10.4 Å². The first-order chi connectivity index (χ1) is 13.8. The molecule has 4 rings (SSSR count). The normalized spacial score (nSPS) is 19.8. The van der Waals surface area contributed by atoms with Crippen molar-refractivity contribution in [2.75, 3.05) is 38.7 Å². The number of carbonyl (C=O) groups is 1. The van der Waals surface area contributed by atoms with Crippen LogP contribution in [-0.2, 0) is 22.7 Å². The third-order valence-corrected chi connectivity index (χ3v) is 8.81. The molecule has 7 heteroatoms. The predicted molar refractivity (Wildman–Crippen MR) is 118 cm³/mol. The molecule has 1 amide bonds. The fourth-order valence-electron chi connectivity index (χ4n) is 4.35. The van der Waals surface area contributed by atoms with E-state index in [4.69, 9.17) is 0 Å². The zero-order chi connectivity index (χ0) is 20.6. The molecular weight excluding hydrogens is 404 g/mol. The van der Waals surface area contributed by atoms with Crippen molar-refractivity contribution in [3.05, 3.63) is 46.3 Å². The number of amides is 1. The third kappa shape index (κ3) is 4.42. The van der Waals surface area contributed by atoms with E-state index in [1.54, 1.807) is 11.3 Å². The Bertz CT molecular complexity index is 1010. The maximum Gasteiger partial charge on any atom is 0.264 e. The molecule has 1 aliphatic heterocycles. The minimum absolute atomic E-state index is 0.0114. The molecule has 1 saturated heterocycles. The SMILES string of the molecule is CN(C)CCCN(C(=O)c1cc2c(s1)-c1ccccc1CC2)C1CCS(=O)(=O)C1. The number of rotatable bonds is 6. The molecule has 1 aromatic carbocycles. The molecule has 1 atom stereocenters. The summed E-state index contributed by atoms with van der Waals surface area (Å²) in [4.78, 5) is 19.3. The Balaban J connectivity index is 1.60. The second-order valence-electron chi connectivity index (χ2n) is 8.33. The fourth-order valence-corrected chi connectivity index (χ4v) is 7.30. The lowest BCUT2D eigenvalue weighted by atomic mass is 9.91. The molecule has 1 aromatic heterocycles. The minimum atomic E-state index is -3.04. The van der Waals surface area contributed by atoms with Crippen LogP contribution in [0.4, 0.5) is 0 Å². The molecule has 0 bridgehead atoms. The summed E-state index contributed by atoms with van der Waals surface area (Å²) in [5, 5.41) is 0. The first-order valence-electron chi connectivity index (χ1n) is 10.2. The monoisotopic (exact) mass is 432 g/mol. The number of fused-ring (bicyclic) bond motifs is 3. The van der Waals surface area contributed by atoms with Crippen molar-refractivity contribution >= 4 is 27.1 Å². The highest BCUT2D eigenvalue weighted by Gasteiger charge is 2.35. The van der Waals surface area contributed by atoms with Crippen LogP contribution < -0.4 is 0 Å². The topological polar surface area (TPSA) is 57.7 Å². The minimum Gasteiger partial charge on any atom is -0.334 e. The van der Waals surface area contributed by atoms with Gasteiger partial charge in [0.05, 0.1) is 16.4 Å². The van der Waals surface area contributed by atoms with Crippen LogP contribution in [0.3, 0.4) is 0 Å². The smallest absolute Gasteiger partial charge is 0.264 e. The fraction of sp³-hybridized carbons (Fsp3) is 0.500. The van der Waals surface area contributed by atoms with E-state index < -0.39 is 9.84 Å². The van der Waals surface area contributed by atoms with E-state index >= 15 is 0 Å². The van der Waals surface area contributed by atoms with Crippen LogP contribution in [0.2, 0.25) is 0 Å². The van der Waals surface area contributed by atoms with Crippen LogP contribution >= 0.6 is 11.3 Å². The molecule has 2 heterocycles. The summed E-state index contributed by atoms with van der Waals surface area (Å²) in [6.07, 6.45) is 3.34. The lowest BCUT2D eigenvalue weighted by Gasteiger charge is -2.28. The van der Waals surface area contributed by atoms with Crippen molar-refractivity contribution in [2.45, 2.75) is 31.7 Å². The zero-order valence-corrected chi connectivity index (χ0v) is 18.7. The molecule has 156 valence electrons. The van der Waals surface area contributed by atoms with E-state index in [1.807, 2.05) is 31.1 Å². The molecule has 0 N–H and O–H groups in total. The molecule has 0 radical (unpaired) electrons. The molecule has 2 aliphatic rings. The largest absolute Gasteiger partial charge is 0.334 e. The van der Waals surface area contributed by atoms with Crippen molar-refractivity contribution in [3.8, 4) is 10.4 Å². The zero-order valence-electron chi connectivity index (χ0n) is 17.1. The molecule has 1 unspecified atom stereocenters. The van der Waals surface area contributed by atoms with Gasteiger partial charge in [0.2, 0.25) is 0 Å². The van der Waals surface area contributed by atoms with Gasteiger partial charge in [-0.1, -0.05) is 24.3 Å². The molecule has 5 nitrogen and oxygen atoms in total. The summed E-state index contributed by atoms with van der Waals surface area (Å²) in [6, 6.07) is 10.2. The second-order valence-corrected chi connectivity index (χ2v) is 11.6. The van der Waals surface area contributed by atoms with Crippen molar-refractivity contribution in [2.24, 2.45) is 0 Å². The van der Waals surface area contributed by atoms with E-state index in [0.29, 0.717) is 13.0 Å². The predicted octanol–water partition coefficient (Wildman–Crippen LogP) is 3.09. The molecular formula is C22H28N2O3S2. The van der Waals surface area contributed by atoms with Crippen LogP contribution in [-0.4, -0.2) is 68.9 Å². The average Bonchev–Trinajstić information content (AvgIpc) is 3.27. The molecule has 0 saturated carbocycles. The summed E-state index contributed by atoms with van der Waals surface area (Å²) < 4.78 is 24.1. The molecule has 1 fully saturated rings. The highest BCUT2D eigenvalue weighted by Crippen LogP contribution is 2.40. The maximum absolute atomic E-state index is 13.5. The highest BCUT2D eigenvalue weighted by molar-refractivity contribution is 7.91. The van der Waals surface area contributed by atoms with Gasteiger partial charge in [0.15, 0.2) is 9.84 Å². The standard InChI is InChI=1S/C22H28N2O3S2/c1-23(2)11-5-12-24(18-10-13-29(26,27)15-18)22(25)20-14-17-9-8-16-6-3-4-7-19(16)21(17)28-20/h3-4,6-7,14,18H,5,8-13,15H2,1-2H3. The van der Waals surface area contributed by atoms with Gasteiger partial charge in [-0.2, -0.15) is 0 Å². The summed E-state index contributed by atoms with van der Waals surface area (Å²) in [5.74, 6) is 0.265. The summed E-state index contributed by atoms with van der Waals surface area (Å²) >= 11 is 1.56. The van der Waals surface area contributed by atoms with Gasteiger partial charge in [-0.3, -0.25) is 4.79 Å². The van der Waals surface area contributed by atoms with Crippen LogP contribution in [0.1, 0.15) is 33.6 Å². The average molecular weight is 433 g/mol. The molecule has 0 spiro atoms. The number of nitrogens with zero attached hydrogens (tertiary/aromatic N) is 2. The number of hydrogen-bond donors (Lipinski definition) is 0. The van der Waals surface area contributed by atoms with E-state index in [0.717, 1.165) is 30.7 Å². The third-order valence-electron chi connectivity index (χ3n) is 5.86. The molecule has 1 aliphatic carbocycles. The van der Waals surface area contributed by atoms with Crippen LogP contribution in [0.15, 0.2) is 30.3 Å². The van der Waals surface area contributed by atoms with Crippen molar-refractivity contribution < 1.29 is 13.2 Å². The Kier molecular flexibility index (Phi) is 5.82. The second kappa shape index (κ2) is 8.20. The van der Waals surface area contributed by atoms with Crippen molar-refractivity contribution in [1.82, 2.24) is 9.80 Å². The number of benzene rings is 1. The van der Waals surface area contributed by atoms with Gasteiger partial charge in [-0.05, 0) is 69.1 Å². The summed E-state index contributed by atoms with van der Waals surface area (Å²) in [7, 11) is 0.981. The van der Waals surface area contributed by atoms with E-state index in [2.05, 4.69) is 23.1 Å². The Hall–Kier alpha value is -1.70. The first kappa shape index (κ1) is 20.6.